The number of benzene rings is 3. The van der Waals surface area contributed by atoms with Gasteiger partial charge in [-0.1, -0.05) is 19.7 Å². The smallest absolute Gasteiger partial charge is 0.335 e. The summed E-state index contributed by atoms with van der Waals surface area (Å²) >= 11 is 0. The average molecular weight is 699 g/mol. The molecule has 1 atom stereocenters. The van der Waals surface area contributed by atoms with Crippen LogP contribution in [0.3, 0.4) is 0 Å². The van der Waals surface area contributed by atoms with Crippen molar-refractivity contribution in [3.63, 3.8) is 0 Å². The molecule has 266 valence electrons. The van der Waals surface area contributed by atoms with Crippen LogP contribution in [0.15, 0.2) is 109 Å². The summed E-state index contributed by atoms with van der Waals surface area (Å²) in [7, 11) is 0. The Labute approximate surface area is 294 Å². The van der Waals surface area contributed by atoms with Crippen molar-refractivity contribution in [2.45, 2.75) is 27.1 Å². The fourth-order valence-electron chi connectivity index (χ4n) is 3.69. The summed E-state index contributed by atoms with van der Waals surface area (Å²) < 4.78 is 31.5. The molecule has 4 N–H and O–H groups in total. The summed E-state index contributed by atoms with van der Waals surface area (Å²) in [6, 6.07) is 20.7. The lowest BCUT2D eigenvalue weighted by molar-refractivity contribution is -0.146. The summed E-state index contributed by atoms with van der Waals surface area (Å²) in [5.74, 6) is 1.02. The van der Waals surface area contributed by atoms with Crippen molar-refractivity contribution in [3.8, 4) is 17.2 Å². The zero-order chi connectivity index (χ0) is 36.8. The molecule has 0 saturated heterocycles. The van der Waals surface area contributed by atoms with Crippen LogP contribution >= 0.6 is 0 Å². The van der Waals surface area contributed by atoms with Crippen LogP contribution in [0.25, 0.3) is 0 Å². The molecule has 0 aliphatic carbocycles. The van der Waals surface area contributed by atoms with Gasteiger partial charge in [-0.05, 0) is 99.1 Å². The van der Waals surface area contributed by atoms with Crippen LogP contribution in [0.5, 0.6) is 17.2 Å². The lowest BCUT2D eigenvalue weighted by atomic mass is 10.3. The van der Waals surface area contributed by atoms with E-state index in [2.05, 4.69) is 50.6 Å². The van der Waals surface area contributed by atoms with Gasteiger partial charge in [0.1, 0.15) is 17.2 Å². The van der Waals surface area contributed by atoms with Gasteiger partial charge in [0.2, 0.25) is 31.4 Å². The Morgan fingerprint density at radius 1 is 0.588 bits per heavy atom. The van der Waals surface area contributed by atoms with Crippen LogP contribution in [0.4, 0.5) is 34.9 Å². The van der Waals surface area contributed by atoms with Gasteiger partial charge in [-0.15, -0.1) is 0 Å². The maximum atomic E-state index is 11.6. The van der Waals surface area contributed by atoms with E-state index in [9.17, 15) is 14.7 Å². The van der Waals surface area contributed by atoms with Gasteiger partial charge < -0.3 is 49.5 Å². The number of nitrogens with zero attached hydrogens (tertiary/aromatic N) is 3. The zero-order valence-corrected chi connectivity index (χ0v) is 28.3. The number of rotatable bonds is 19. The zero-order valence-electron chi connectivity index (χ0n) is 28.3. The Morgan fingerprint density at radius 2 is 0.902 bits per heavy atom. The van der Waals surface area contributed by atoms with E-state index < -0.39 is 18.2 Å². The highest BCUT2D eigenvalue weighted by Crippen LogP contribution is 2.25. The lowest BCUT2D eigenvalue weighted by Gasteiger charge is -2.14. The maximum Gasteiger partial charge on any atom is 0.335 e. The maximum absolute atomic E-state index is 11.6. The number of esters is 2. The first kappa shape index (κ1) is 37.4. The van der Waals surface area contributed by atoms with Crippen molar-refractivity contribution >= 4 is 46.8 Å². The Kier molecular flexibility index (Phi) is 13.4. The second-order valence-corrected chi connectivity index (χ2v) is 10.8. The molecule has 15 heteroatoms. The second kappa shape index (κ2) is 18.4. The number of hydrogen-bond acceptors (Lipinski definition) is 15. The van der Waals surface area contributed by atoms with Crippen LogP contribution in [0.1, 0.15) is 20.8 Å². The molecule has 15 nitrogen and oxygen atoms in total. The van der Waals surface area contributed by atoms with Gasteiger partial charge in [-0.25, -0.2) is 9.59 Å². The third-order valence-electron chi connectivity index (χ3n) is 6.37. The van der Waals surface area contributed by atoms with Crippen LogP contribution in [0.2, 0.25) is 0 Å². The third-order valence-corrected chi connectivity index (χ3v) is 6.37. The number of ether oxygens (including phenoxy) is 6. The predicted octanol–water partition coefficient (Wildman–Crippen LogP) is 6.26. The molecule has 1 unspecified atom stereocenters. The fourth-order valence-corrected chi connectivity index (χ4v) is 3.69. The van der Waals surface area contributed by atoms with Gasteiger partial charge in [0.25, 0.3) is 0 Å². The summed E-state index contributed by atoms with van der Waals surface area (Å²) in [4.78, 5) is 36.7. The summed E-state index contributed by atoms with van der Waals surface area (Å²) in [5, 5.41) is 19.2. The highest BCUT2D eigenvalue weighted by Gasteiger charge is 2.11. The molecular weight excluding hydrogens is 660 g/mol. The quantitative estimate of drug-likeness (QED) is 0.0372. The SMILES string of the molecule is C=C(C)C(=O)OCOc1ccc(Nc2nc(Nc3ccc(OCOC(=O)C(=C)C)cc3)nc(Nc3ccc(OCOC(O)C(=C)C)cc3)n2)cc1. The predicted molar refractivity (Wildman–Crippen MR) is 189 cm³/mol. The highest BCUT2D eigenvalue weighted by molar-refractivity contribution is 5.87. The number of aromatic nitrogens is 3. The number of aliphatic hydroxyl groups is 1. The van der Waals surface area contributed by atoms with Crippen LogP contribution < -0.4 is 30.2 Å². The second-order valence-electron chi connectivity index (χ2n) is 10.8. The van der Waals surface area contributed by atoms with Crippen LogP contribution in [-0.2, 0) is 23.8 Å². The van der Waals surface area contributed by atoms with Crippen molar-refractivity contribution in [1.82, 2.24) is 15.0 Å². The summed E-state index contributed by atoms with van der Waals surface area (Å²) in [5.41, 5.74) is 2.94. The van der Waals surface area contributed by atoms with E-state index in [-0.39, 0.29) is 49.4 Å². The first-order valence-corrected chi connectivity index (χ1v) is 15.3. The summed E-state index contributed by atoms with van der Waals surface area (Å²) in [6.45, 7) is 14.8. The molecule has 4 rings (SSSR count). The lowest BCUT2D eigenvalue weighted by Crippen LogP contribution is -2.16. The minimum Gasteiger partial charge on any atom is -0.467 e. The van der Waals surface area contributed by atoms with E-state index in [0.717, 1.165) is 0 Å². The molecule has 4 aromatic rings. The number of carbonyl (C=O) groups is 2. The van der Waals surface area contributed by atoms with Crippen molar-refractivity contribution < 1.29 is 43.1 Å². The molecule has 0 aliphatic rings. The Morgan fingerprint density at radius 3 is 1.20 bits per heavy atom. The van der Waals surface area contributed by atoms with Crippen molar-refractivity contribution in [2.75, 3.05) is 36.3 Å². The standard InChI is InChI=1S/C36H38N6O9/c1-22(2)31(43)49-19-46-28-13-7-25(8-14-28)37-34-40-35(38-26-9-15-29(16-10-26)47-20-50-32(44)23(3)4)42-36(41-34)39-27-11-17-30(18-12-27)48-21-51-33(45)24(5)6/h7-18,31,43H,1,3,5,19-21H2,2,4,6H3,(H3,37,38,39,40,41,42). The van der Waals surface area contributed by atoms with E-state index in [0.29, 0.717) is 39.9 Å². The average Bonchev–Trinajstić information content (AvgIpc) is 3.10. The molecule has 0 amide bonds. The van der Waals surface area contributed by atoms with E-state index in [1.54, 1.807) is 93.6 Å². The van der Waals surface area contributed by atoms with Gasteiger partial charge in [-0.3, -0.25) is 0 Å². The number of aliphatic hydroxyl groups excluding tert-OH is 1. The molecule has 0 radical (unpaired) electrons. The van der Waals surface area contributed by atoms with Gasteiger partial charge >= 0.3 is 11.9 Å². The normalized spacial score (nSPS) is 11.0. The number of nitrogens with one attached hydrogen (secondary N) is 3. The monoisotopic (exact) mass is 698 g/mol. The Hall–Kier alpha value is -6.45. The molecular formula is C36H38N6O9. The van der Waals surface area contributed by atoms with Gasteiger partial charge in [-0.2, -0.15) is 15.0 Å². The Bertz CT molecular complexity index is 1740. The molecule has 1 heterocycles. The molecule has 1 aromatic heterocycles. The first-order valence-electron chi connectivity index (χ1n) is 15.3. The minimum absolute atomic E-state index is 0.163. The topological polar surface area (TPSA) is 185 Å². The third kappa shape index (κ3) is 12.5. The molecule has 51 heavy (non-hydrogen) atoms. The minimum atomic E-state index is -1.12. The van der Waals surface area contributed by atoms with E-state index in [1.165, 1.54) is 0 Å². The van der Waals surface area contributed by atoms with E-state index in [1.807, 2.05) is 0 Å². The summed E-state index contributed by atoms with van der Waals surface area (Å²) in [6.07, 6.45) is -1.12. The molecule has 0 aliphatic heterocycles. The van der Waals surface area contributed by atoms with Gasteiger partial charge in [0.15, 0.2) is 13.1 Å². The van der Waals surface area contributed by atoms with Crippen molar-refractivity contribution in [2.24, 2.45) is 0 Å². The van der Waals surface area contributed by atoms with Crippen LogP contribution in [0, 0.1) is 0 Å². The number of hydrogen-bond donors (Lipinski definition) is 4. The van der Waals surface area contributed by atoms with Crippen molar-refractivity contribution in [3.05, 3.63) is 109 Å². The van der Waals surface area contributed by atoms with Gasteiger partial charge in [0, 0.05) is 28.2 Å². The first-order chi connectivity index (χ1) is 24.4. The van der Waals surface area contributed by atoms with Gasteiger partial charge in [0.05, 0.1) is 0 Å². The van der Waals surface area contributed by atoms with E-state index in [4.69, 9.17) is 28.4 Å². The molecule has 3 aromatic carbocycles. The van der Waals surface area contributed by atoms with E-state index >= 15 is 0 Å². The Balaban J connectivity index is 1.46. The molecule has 0 saturated carbocycles. The molecule has 0 spiro atoms. The fraction of sp³-hybridized carbons (Fsp3) is 0.194. The highest BCUT2D eigenvalue weighted by atomic mass is 16.7. The van der Waals surface area contributed by atoms with Crippen molar-refractivity contribution in [1.29, 1.82) is 0 Å². The number of anilines is 6. The molecule has 0 bridgehead atoms. The largest absolute Gasteiger partial charge is 0.467 e. The number of carbonyl (C=O) groups excluding carboxylic acids is 2. The van der Waals surface area contributed by atoms with Crippen LogP contribution in [-0.4, -0.2) is 58.7 Å². The molecule has 0 fully saturated rings.